The number of nitrogens with two attached hydrogens (primary N) is 1. The molecule has 0 aromatic carbocycles. The van der Waals surface area contributed by atoms with Crippen molar-refractivity contribution in [2.45, 2.75) is 32.2 Å². The van der Waals surface area contributed by atoms with E-state index in [2.05, 4.69) is 5.32 Å². The zero-order valence-electron chi connectivity index (χ0n) is 11.2. The first-order valence-electron chi connectivity index (χ1n) is 6.29. The van der Waals surface area contributed by atoms with Crippen LogP contribution in [0, 0.1) is 0 Å². The fourth-order valence-corrected chi connectivity index (χ4v) is 1.61. The molecule has 0 bridgehead atoms. The highest BCUT2D eigenvalue weighted by Gasteiger charge is 2.18. The van der Waals surface area contributed by atoms with Gasteiger partial charge in [0.25, 0.3) is 0 Å². The summed E-state index contributed by atoms with van der Waals surface area (Å²) in [5, 5.41) is 2.72. The Hall–Kier alpha value is -1.14. The fourth-order valence-electron chi connectivity index (χ4n) is 1.61. The molecule has 0 atom stereocenters. The van der Waals surface area contributed by atoms with Gasteiger partial charge in [-0.05, 0) is 13.8 Å². The minimum atomic E-state index is -0.427. The first-order chi connectivity index (χ1) is 8.38. The minimum absolute atomic E-state index is 0.0143. The molecule has 6 nitrogen and oxygen atoms in total. The number of rotatable bonds is 5. The predicted octanol–water partition coefficient (Wildman–Crippen LogP) is -0.521. The Balaban J connectivity index is 2.19. The number of carbonyl (C=O) groups excluding carboxylic acids is 2. The molecular weight excluding hydrogens is 234 g/mol. The van der Waals surface area contributed by atoms with Crippen LogP contribution in [0.4, 0.5) is 0 Å². The van der Waals surface area contributed by atoms with Gasteiger partial charge in [-0.1, -0.05) is 0 Å². The van der Waals surface area contributed by atoms with Crippen LogP contribution in [0.5, 0.6) is 0 Å². The maximum Gasteiger partial charge on any atom is 0.223 e. The Labute approximate surface area is 108 Å². The molecule has 0 radical (unpaired) electrons. The van der Waals surface area contributed by atoms with E-state index in [1.807, 2.05) is 13.8 Å². The second kappa shape index (κ2) is 6.70. The van der Waals surface area contributed by atoms with Crippen LogP contribution in [0.15, 0.2) is 0 Å². The van der Waals surface area contributed by atoms with Gasteiger partial charge in [0.1, 0.15) is 0 Å². The quantitative estimate of drug-likeness (QED) is 0.694. The van der Waals surface area contributed by atoms with Crippen LogP contribution in [-0.2, 0) is 14.3 Å². The Morgan fingerprint density at radius 2 is 1.89 bits per heavy atom. The molecule has 3 N–H and O–H groups in total. The molecule has 1 saturated heterocycles. The van der Waals surface area contributed by atoms with Gasteiger partial charge < -0.3 is 20.7 Å². The SMILES string of the molecule is CC(C)(N)CNC(=O)CCC(=O)N1CCOCC1. The summed E-state index contributed by atoms with van der Waals surface area (Å²) in [5.74, 6) is -0.115. The van der Waals surface area contributed by atoms with E-state index in [4.69, 9.17) is 10.5 Å². The van der Waals surface area contributed by atoms with E-state index in [1.54, 1.807) is 4.90 Å². The number of hydrogen-bond acceptors (Lipinski definition) is 4. The Bertz CT molecular complexity index is 293. The van der Waals surface area contributed by atoms with Crippen molar-refractivity contribution < 1.29 is 14.3 Å². The zero-order chi connectivity index (χ0) is 13.6. The Morgan fingerprint density at radius 1 is 1.28 bits per heavy atom. The van der Waals surface area contributed by atoms with Gasteiger partial charge in [-0.15, -0.1) is 0 Å². The number of amides is 2. The number of nitrogens with zero attached hydrogens (tertiary/aromatic N) is 1. The minimum Gasteiger partial charge on any atom is -0.378 e. The highest BCUT2D eigenvalue weighted by Crippen LogP contribution is 2.02. The summed E-state index contributed by atoms with van der Waals surface area (Å²) >= 11 is 0. The van der Waals surface area contributed by atoms with E-state index in [0.29, 0.717) is 32.8 Å². The van der Waals surface area contributed by atoms with Crippen molar-refractivity contribution in [3.8, 4) is 0 Å². The molecule has 0 saturated carbocycles. The summed E-state index contributed by atoms with van der Waals surface area (Å²) < 4.78 is 5.16. The molecule has 2 amide bonds. The molecule has 0 unspecified atom stereocenters. The topological polar surface area (TPSA) is 84.7 Å². The highest BCUT2D eigenvalue weighted by molar-refractivity contribution is 5.83. The van der Waals surface area contributed by atoms with Gasteiger partial charge in [-0.25, -0.2) is 0 Å². The van der Waals surface area contributed by atoms with Gasteiger partial charge in [-0.2, -0.15) is 0 Å². The van der Waals surface area contributed by atoms with Crippen LogP contribution < -0.4 is 11.1 Å². The van der Waals surface area contributed by atoms with Crippen molar-refractivity contribution in [3.05, 3.63) is 0 Å². The summed E-state index contributed by atoms with van der Waals surface area (Å²) in [5.41, 5.74) is 5.33. The van der Waals surface area contributed by atoms with Gasteiger partial charge in [0.15, 0.2) is 0 Å². The molecule has 1 heterocycles. The monoisotopic (exact) mass is 257 g/mol. The third kappa shape index (κ3) is 5.97. The van der Waals surface area contributed by atoms with E-state index in [-0.39, 0.29) is 24.7 Å². The maximum absolute atomic E-state index is 11.8. The van der Waals surface area contributed by atoms with Crippen molar-refractivity contribution in [1.29, 1.82) is 0 Å². The van der Waals surface area contributed by atoms with Crippen LogP contribution in [0.1, 0.15) is 26.7 Å². The average Bonchev–Trinajstić information content (AvgIpc) is 2.33. The maximum atomic E-state index is 11.8. The molecule has 1 aliphatic rings. The van der Waals surface area contributed by atoms with Crippen molar-refractivity contribution >= 4 is 11.8 Å². The van der Waals surface area contributed by atoms with Crippen LogP contribution in [0.25, 0.3) is 0 Å². The lowest BCUT2D eigenvalue weighted by atomic mass is 10.1. The lowest BCUT2D eigenvalue weighted by molar-refractivity contribution is -0.137. The second-order valence-corrected chi connectivity index (χ2v) is 5.26. The van der Waals surface area contributed by atoms with Crippen molar-refractivity contribution in [2.75, 3.05) is 32.8 Å². The summed E-state index contributed by atoms with van der Waals surface area (Å²) in [6, 6.07) is 0. The number of nitrogens with one attached hydrogen (secondary N) is 1. The number of hydrogen-bond donors (Lipinski definition) is 2. The molecule has 104 valence electrons. The third-order valence-electron chi connectivity index (χ3n) is 2.67. The Kier molecular flexibility index (Phi) is 5.55. The molecule has 0 spiro atoms. The van der Waals surface area contributed by atoms with Gasteiger partial charge in [0.2, 0.25) is 11.8 Å². The van der Waals surface area contributed by atoms with E-state index < -0.39 is 5.54 Å². The standard InChI is InChI=1S/C12H23N3O3/c1-12(2,13)9-14-10(16)3-4-11(17)15-5-7-18-8-6-15/h3-9,13H2,1-2H3,(H,14,16). The normalized spacial score (nSPS) is 16.5. The van der Waals surface area contributed by atoms with E-state index in [0.717, 1.165) is 0 Å². The first-order valence-corrected chi connectivity index (χ1v) is 6.29. The number of ether oxygens (including phenoxy) is 1. The second-order valence-electron chi connectivity index (χ2n) is 5.26. The van der Waals surface area contributed by atoms with Gasteiger partial charge in [-0.3, -0.25) is 9.59 Å². The van der Waals surface area contributed by atoms with Gasteiger partial charge in [0.05, 0.1) is 13.2 Å². The summed E-state index contributed by atoms with van der Waals surface area (Å²) in [6.45, 7) is 6.50. The van der Waals surface area contributed by atoms with Crippen LogP contribution in [0.3, 0.4) is 0 Å². The Morgan fingerprint density at radius 3 is 2.44 bits per heavy atom. The van der Waals surface area contributed by atoms with Crippen LogP contribution in [0.2, 0.25) is 0 Å². The lowest BCUT2D eigenvalue weighted by Crippen LogP contribution is -2.45. The van der Waals surface area contributed by atoms with E-state index >= 15 is 0 Å². The van der Waals surface area contributed by atoms with Crippen LogP contribution >= 0.6 is 0 Å². The van der Waals surface area contributed by atoms with Crippen LogP contribution in [-0.4, -0.2) is 55.1 Å². The molecular formula is C12H23N3O3. The molecule has 1 aliphatic heterocycles. The summed E-state index contributed by atoms with van der Waals surface area (Å²) in [6.07, 6.45) is 0.461. The highest BCUT2D eigenvalue weighted by atomic mass is 16.5. The smallest absolute Gasteiger partial charge is 0.223 e. The van der Waals surface area contributed by atoms with Crippen molar-refractivity contribution in [2.24, 2.45) is 5.73 Å². The molecule has 0 aliphatic carbocycles. The third-order valence-corrected chi connectivity index (χ3v) is 2.67. The van der Waals surface area contributed by atoms with Gasteiger partial charge >= 0.3 is 0 Å². The molecule has 1 rings (SSSR count). The average molecular weight is 257 g/mol. The molecule has 18 heavy (non-hydrogen) atoms. The van der Waals surface area contributed by atoms with E-state index in [1.165, 1.54) is 0 Å². The first kappa shape index (κ1) is 14.9. The predicted molar refractivity (Wildman–Crippen MR) is 67.9 cm³/mol. The van der Waals surface area contributed by atoms with Gasteiger partial charge in [0, 0.05) is 38.0 Å². The molecule has 1 fully saturated rings. The zero-order valence-corrected chi connectivity index (χ0v) is 11.2. The van der Waals surface area contributed by atoms with Crippen molar-refractivity contribution in [1.82, 2.24) is 10.2 Å². The fraction of sp³-hybridized carbons (Fsp3) is 0.833. The number of carbonyl (C=O) groups is 2. The molecule has 0 aromatic heterocycles. The van der Waals surface area contributed by atoms with E-state index in [9.17, 15) is 9.59 Å². The summed E-state index contributed by atoms with van der Waals surface area (Å²) in [4.78, 5) is 25.0. The molecule has 6 heteroatoms. The molecule has 0 aromatic rings. The largest absolute Gasteiger partial charge is 0.378 e. The summed E-state index contributed by atoms with van der Waals surface area (Å²) in [7, 11) is 0. The number of morpholine rings is 1. The van der Waals surface area contributed by atoms with Crippen molar-refractivity contribution in [3.63, 3.8) is 0 Å². The lowest BCUT2D eigenvalue weighted by Gasteiger charge is -2.26.